The summed E-state index contributed by atoms with van der Waals surface area (Å²) in [4.78, 5) is 10.8. The molecule has 0 aliphatic heterocycles. The third kappa shape index (κ3) is 3.14. The Labute approximate surface area is 120 Å². The second-order valence-corrected chi connectivity index (χ2v) is 6.74. The molecule has 18 heavy (non-hydrogen) atoms. The zero-order valence-corrected chi connectivity index (χ0v) is 12.2. The number of nitrogens with zero attached hydrogens (tertiary/aromatic N) is 3. The van der Waals surface area contributed by atoms with Gasteiger partial charge in [-0.3, -0.25) is 10.1 Å². The van der Waals surface area contributed by atoms with Crippen molar-refractivity contribution in [3.05, 3.63) is 33.3 Å². The van der Waals surface area contributed by atoms with Gasteiger partial charge in [0.2, 0.25) is 0 Å². The third-order valence-corrected chi connectivity index (χ3v) is 5.34. The molecule has 0 saturated carbocycles. The molecule has 0 spiro atoms. The Morgan fingerprint density at radius 2 is 2.11 bits per heavy atom. The van der Waals surface area contributed by atoms with E-state index in [0.717, 1.165) is 13.6 Å². The molecule has 9 heteroatoms. The van der Waals surface area contributed by atoms with Crippen molar-refractivity contribution in [2.45, 2.75) is 13.6 Å². The van der Waals surface area contributed by atoms with Gasteiger partial charge in [-0.1, -0.05) is 46.5 Å². The SMILES string of the molecule is CSc1nnc(Sc2ccc([N+](=O)[O-])cc2Cl)s1. The maximum atomic E-state index is 10.6. The van der Waals surface area contributed by atoms with Gasteiger partial charge in [-0.05, 0) is 12.3 Å². The van der Waals surface area contributed by atoms with Gasteiger partial charge in [0.25, 0.3) is 5.69 Å². The minimum absolute atomic E-state index is 0.0218. The number of non-ortho nitro benzene ring substituents is 1. The third-order valence-electron chi connectivity index (χ3n) is 1.89. The summed E-state index contributed by atoms with van der Waals surface area (Å²) in [7, 11) is 0. The Morgan fingerprint density at radius 1 is 1.39 bits per heavy atom. The van der Waals surface area contributed by atoms with Crippen molar-refractivity contribution in [3.63, 3.8) is 0 Å². The van der Waals surface area contributed by atoms with Crippen LogP contribution in [0.1, 0.15) is 0 Å². The van der Waals surface area contributed by atoms with Gasteiger partial charge in [0, 0.05) is 17.0 Å². The maximum absolute atomic E-state index is 10.6. The fourth-order valence-corrected chi connectivity index (χ4v) is 3.79. The van der Waals surface area contributed by atoms with Crippen LogP contribution in [0.5, 0.6) is 0 Å². The van der Waals surface area contributed by atoms with Crippen LogP contribution >= 0.6 is 46.5 Å². The lowest BCUT2D eigenvalue weighted by Gasteiger charge is -2.00. The Kier molecular flexibility index (Phi) is 4.44. The van der Waals surface area contributed by atoms with Crippen LogP contribution in [-0.2, 0) is 0 Å². The number of hydrogen-bond acceptors (Lipinski definition) is 7. The molecule has 2 rings (SSSR count). The fraction of sp³-hybridized carbons (Fsp3) is 0.111. The van der Waals surface area contributed by atoms with Gasteiger partial charge in [0.1, 0.15) is 0 Å². The first-order valence-electron chi connectivity index (χ1n) is 4.59. The lowest BCUT2D eigenvalue weighted by molar-refractivity contribution is -0.384. The van der Waals surface area contributed by atoms with E-state index in [1.165, 1.54) is 47.0 Å². The van der Waals surface area contributed by atoms with Crippen molar-refractivity contribution in [2.24, 2.45) is 0 Å². The van der Waals surface area contributed by atoms with E-state index in [-0.39, 0.29) is 5.69 Å². The van der Waals surface area contributed by atoms with Crippen LogP contribution in [0.2, 0.25) is 5.02 Å². The smallest absolute Gasteiger partial charge is 0.258 e. The molecular formula is C9H6ClN3O2S3. The lowest BCUT2D eigenvalue weighted by Crippen LogP contribution is -1.87. The Bertz CT molecular complexity index is 590. The summed E-state index contributed by atoms with van der Waals surface area (Å²) in [6.07, 6.45) is 1.92. The predicted molar refractivity (Wildman–Crippen MR) is 73.9 cm³/mol. The standard InChI is InChI=1S/C9H6ClN3O2S3/c1-16-8-11-12-9(18-8)17-7-3-2-5(13(14)15)4-6(7)10/h2-4H,1H3. The highest BCUT2D eigenvalue weighted by Gasteiger charge is 2.12. The van der Waals surface area contributed by atoms with E-state index in [4.69, 9.17) is 11.6 Å². The summed E-state index contributed by atoms with van der Waals surface area (Å²) in [5.41, 5.74) is -0.0218. The number of nitro benzene ring substituents is 1. The van der Waals surface area contributed by atoms with E-state index in [1.54, 1.807) is 6.07 Å². The Morgan fingerprint density at radius 3 is 2.67 bits per heavy atom. The Balaban J connectivity index is 2.21. The molecular weight excluding hydrogens is 314 g/mol. The van der Waals surface area contributed by atoms with E-state index in [0.29, 0.717) is 5.02 Å². The highest BCUT2D eigenvalue weighted by atomic mass is 35.5. The van der Waals surface area contributed by atoms with E-state index in [2.05, 4.69) is 10.2 Å². The number of halogens is 1. The molecule has 94 valence electrons. The van der Waals surface area contributed by atoms with Gasteiger partial charge >= 0.3 is 0 Å². The average Bonchev–Trinajstić information content (AvgIpc) is 2.79. The van der Waals surface area contributed by atoms with Crippen molar-refractivity contribution in [1.82, 2.24) is 10.2 Å². The number of hydrogen-bond donors (Lipinski definition) is 0. The van der Waals surface area contributed by atoms with E-state index in [9.17, 15) is 10.1 Å². The van der Waals surface area contributed by atoms with Crippen LogP contribution < -0.4 is 0 Å². The number of nitro groups is 1. The van der Waals surface area contributed by atoms with E-state index in [1.807, 2.05) is 6.26 Å². The zero-order valence-electron chi connectivity index (χ0n) is 8.99. The molecule has 1 heterocycles. The molecule has 0 N–H and O–H groups in total. The fourth-order valence-electron chi connectivity index (χ4n) is 1.10. The predicted octanol–water partition coefficient (Wildman–Crippen LogP) is 3.97. The molecule has 0 amide bonds. The first-order chi connectivity index (χ1) is 8.60. The molecule has 0 atom stereocenters. The summed E-state index contributed by atoms with van der Waals surface area (Å²) in [6.45, 7) is 0. The van der Waals surface area contributed by atoms with Gasteiger partial charge in [-0.25, -0.2) is 0 Å². The molecule has 0 radical (unpaired) electrons. The quantitative estimate of drug-likeness (QED) is 0.482. The second-order valence-electron chi connectivity index (χ2n) is 3.01. The summed E-state index contributed by atoms with van der Waals surface area (Å²) < 4.78 is 1.63. The second kappa shape index (κ2) is 5.87. The number of aromatic nitrogens is 2. The van der Waals surface area contributed by atoms with Crippen LogP contribution in [0.4, 0.5) is 5.69 Å². The van der Waals surface area contributed by atoms with Gasteiger partial charge < -0.3 is 0 Å². The number of benzene rings is 1. The molecule has 0 fully saturated rings. The monoisotopic (exact) mass is 319 g/mol. The minimum Gasteiger partial charge on any atom is -0.258 e. The highest BCUT2D eigenvalue weighted by Crippen LogP contribution is 2.37. The van der Waals surface area contributed by atoms with Gasteiger partial charge in [-0.2, -0.15) is 0 Å². The summed E-state index contributed by atoms with van der Waals surface area (Å²) in [5.74, 6) is 0. The van der Waals surface area contributed by atoms with Crippen molar-refractivity contribution < 1.29 is 4.92 Å². The van der Waals surface area contributed by atoms with Crippen molar-refractivity contribution >= 4 is 52.1 Å². The molecule has 0 saturated heterocycles. The topological polar surface area (TPSA) is 68.9 Å². The van der Waals surface area contributed by atoms with Crippen LogP contribution in [0.15, 0.2) is 31.8 Å². The van der Waals surface area contributed by atoms with Gasteiger partial charge in [-0.15, -0.1) is 10.2 Å². The molecule has 0 aliphatic rings. The molecule has 0 bridgehead atoms. The van der Waals surface area contributed by atoms with E-state index >= 15 is 0 Å². The van der Waals surface area contributed by atoms with Crippen molar-refractivity contribution in [3.8, 4) is 0 Å². The van der Waals surface area contributed by atoms with Crippen molar-refractivity contribution in [1.29, 1.82) is 0 Å². The summed E-state index contributed by atoms with van der Waals surface area (Å²) in [5, 5.41) is 18.9. The molecule has 2 aromatic rings. The molecule has 1 aromatic heterocycles. The number of thioether (sulfide) groups is 1. The average molecular weight is 320 g/mol. The molecule has 0 aliphatic carbocycles. The summed E-state index contributed by atoms with van der Waals surface area (Å²) in [6, 6.07) is 4.37. The van der Waals surface area contributed by atoms with Gasteiger partial charge in [0.15, 0.2) is 8.68 Å². The highest BCUT2D eigenvalue weighted by molar-refractivity contribution is 8.03. The first kappa shape index (κ1) is 13.6. The number of rotatable bonds is 4. The first-order valence-corrected chi connectivity index (χ1v) is 7.83. The largest absolute Gasteiger partial charge is 0.270 e. The van der Waals surface area contributed by atoms with Gasteiger partial charge in [0.05, 0.1) is 9.95 Å². The van der Waals surface area contributed by atoms with Crippen LogP contribution in [0, 0.1) is 10.1 Å². The van der Waals surface area contributed by atoms with Crippen LogP contribution in [0.3, 0.4) is 0 Å². The summed E-state index contributed by atoms with van der Waals surface area (Å²) >= 11 is 10.3. The normalized spacial score (nSPS) is 10.6. The van der Waals surface area contributed by atoms with E-state index < -0.39 is 4.92 Å². The van der Waals surface area contributed by atoms with Crippen molar-refractivity contribution in [2.75, 3.05) is 6.26 Å². The molecule has 0 unspecified atom stereocenters. The maximum Gasteiger partial charge on any atom is 0.270 e. The zero-order chi connectivity index (χ0) is 13.1. The molecule has 5 nitrogen and oxygen atoms in total. The van der Waals surface area contributed by atoms with Crippen LogP contribution in [-0.4, -0.2) is 21.4 Å². The lowest BCUT2D eigenvalue weighted by atomic mass is 10.3. The van der Waals surface area contributed by atoms with Crippen LogP contribution in [0.25, 0.3) is 0 Å². The Hall–Kier alpha value is -0.830. The molecule has 1 aromatic carbocycles. The minimum atomic E-state index is -0.475.